The second-order valence-corrected chi connectivity index (χ2v) is 9.43. The summed E-state index contributed by atoms with van der Waals surface area (Å²) in [5.74, 6) is 1.37. The number of pyridine rings is 1. The van der Waals surface area contributed by atoms with E-state index in [-0.39, 0.29) is 5.91 Å². The van der Waals surface area contributed by atoms with Gasteiger partial charge in [0.05, 0.1) is 23.2 Å². The summed E-state index contributed by atoms with van der Waals surface area (Å²) in [6, 6.07) is 10.3. The second kappa shape index (κ2) is 8.07. The van der Waals surface area contributed by atoms with Gasteiger partial charge in [0.2, 0.25) is 0 Å². The summed E-state index contributed by atoms with van der Waals surface area (Å²) in [5, 5.41) is 9.30. The highest BCUT2D eigenvalue weighted by atomic mass is 32.1. The third-order valence-corrected chi connectivity index (χ3v) is 7.04. The standard InChI is InChI=1S/C23H26N6O2S/c1-27(2)16-7-8-29(13-16)21-6-5-14-10-20(32-23(14)25-21)22(30)24-18-9-15-12-28(3)26-17(15)11-19(18)31-4/h5-6,9-12,16H,7-8,13H2,1-4H3,(H,24,30)/t16-/m1/s1. The molecule has 9 heteroatoms. The summed E-state index contributed by atoms with van der Waals surface area (Å²) in [6.07, 6.45) is 3.04. The van der Waals surface area contributed by atoms with E-state index in [9.17, 15) is 4.79 Å². The number of methoxy groups -OCH3 is 1. The average Bonchev–Trinajstić information content (AvgIpc) is 3.49. The lowest BCUT2D eigenvalue weighted by Gasteiger charge is -2.21. The SMILES string of the molecule is COc1cc2nn(C)cc2cc1NC(=O)c1cc2ccc(N3CC[C@@H](N(C)C)C3)nc2s1. The summed E-state index contributed by atoms with van der Waals surface area (Å²) in [6.45, 7) is 1.97. The molecule has 1 amide bonds. The normalized spacial score (nSPS) is 16.4. The molecule has 0 radical (unpaired) electrons. The Bertz CT molecular complexity index is 1310. The first-order valence-corrected chi connectivity index (χ1v) is 11.4. The van der Waals surface area contributed by atoms with Crippen molar-refractivity contribution in [3.05, 3.63) is 41.4 Å². The van der Waals surface area contributed by atoms with Crippen molar-refractivity contribution in [1.82, 2.24) is 19.7 Å². The Balaban J connectivity index is 1.39. The number of aromatic nitrogens is 3. The van der Waals surface area contributed by atoms with Crippen LogP contribution in [0.4, 0.5) is 11.5 Å². The number of amides is 1. The molecule has 4 heterocycles. The van der Waals surface area contributed by atoms with E-state index in [1.165, 1.54) is 11.3 Å². The van der Waals surface area contributed by atoms with Gasteiger partial charge in [0.25, 0.3) is 5.91 Å². The molecule has 1 fully saturated rings. The number of nitrogens with zero attached hydrogens (tertiary/aromatic N) is 5. The summed E-state index contributed by atoms with van der Waals surface area (Å²) < 4.78 is 7.22. The highest BCUT2D eigenvalue weighted by Gasteiger charge is 2.25. The van der Waals surface area contributed by atoms with Crippen LogP contribution in [0.5, 0.6) is 5.75 Å². The smallest absolute Gasteiger partial charge is 0.265 e. The maximum atomic E-state index is 13.0. The quantitative estimate of drug-likeness (QED) is 0.501. The van der Waals surface area contributed by atoms with Crippen LogP contribution in [0.15, 0.2) is 36.5 Å². The van der Waals surface area contributed by atoms with E-state index in [0.29, 0.717) is 22.4 Å². The monoisotopic (exact) mass is 450 g/mol. The van der Waals surface area contributed by atoms with Crippen LogP contribution in [0, 0.1) is 0 Å². The van der Waals surface area contributed by atoms with E-state index in [4.69, 9.17) is 9.72 Å². The van der Waals surface area contributed by atoms with Crippen LogP contribution in [0.1, 0.15) is 16.1 Å². The maximum Gasteiger partial charge on any atom is 0.265 e. The summed E-state index contributed by atoms with van der Waals surface area (Å²) >= 11 is 1.41. The number of carbonyl (C=O) groups is 1. The lowest BCUT2D eigenvalue weighted by atomic mass is 10.2. The van der Waals surface area contributed by atoms with E-state index in [2.05, 4.69) is 40.4 Å². The van der Waals surface area contributed by atoms with Crippen molar-refractivity contribution in [1.29, 1.82) is 0 Å². The van der Waals surface area contributed by atoms with Gasteiger partial charge in [-0.15, -0.1) is 11.3 Å². The van der Waals surface area contributed by atoms with Crippen LogP contribution in [-0.4, -0.2) is 65.9 Å². The van der Waals surface area contributed by atoms with E-state index in [0.717, 1.165) is 46.4 Å². The number of aryl methyl sites for hydroxylation is 1. The summed E-state index contributed by atoms with van der Waals surface area (Å²) in [4.78, 5) is 24.0. The lowest BCUT2D eigenvalue weighted by molar-refractivity contribution is 0.103. The Morgan fingerprint density at radius 3 is 2.84 bits per heavy atom. The molecule has 1 aliphatic heterocycles. The molecule has 0 aliphatic carbocycles. The Morgan fingerprint density at radius 1 is 1.25 bits per heavy atom. The topological polar surface area (TPSA) is 75.5 Å². The average molecular weight is 451 g/mol. The largest absolute Gasteiger partial charge is 0.494 e. The molecule has 1 N–H and O–H groups in total. The Labute approximate surface area is 190 Å². The lowest BCUT2D eigenvalue weighted by Crippen LogP contribution is -2.31. The Kier molecular flexibility index (Phi) is 5.22. The van der Waals surface area contributed by atoms with Crippen molar-refractivity contribution in [2.75, 3.05) is 44.5 Å². The highest BCUT2D eigenvalue weighted by Crippen LogP contribution is 2.32. The first-order valence-electron chi connectivity index (χ1n) is 10.6. The first kappa shape index (κ1) is 20.7. The van der Waals surface area contributed by atoms with E-state index < -0.39 is 0 Å². The molecule has 1 atom stereocenters. The molecule has 32 heavy (non-hydrogen) atoms. The van der Waals surface area contributed by atoms with Gasteiger partial charge in [0.15, 0.2) is 0 Å². The van der Waals surface area contributed by atoms with E-state index in [1.54, 1.807) is 11.8 Å². The van der Waals surface area contributed by atoms with Gasteiger partial charge in [-0.1, -0.05) is 0 Å². The van der Waals surface area contributed by atoms with Gasteiger partial charge < -0.3 is 19.9 Å². The Hall–Kier alpha value is -3.17. The fraction of sp³-hybridized carbons (Fsp3) is 0.348. The van der Waals surface area contributed by atoms with Crippen molar-refractivity contribution < 1.29 is 9.53 Å². The minimum absolute atomic E-state index is 0.176. The van der Waals surface area contributed by atoms with Crippen molar-refractivity contribution >= 4 is 49.9 Å². The number of rotatable bonds is 5. The van der Waals surface area contributed by atoms with Crippen LogP contribution in [-0.2, 0) is 7.05 Å². The minimum Gasteiger partial charge on any atom is -0.494 e. The third-order valence-electron chi connectivity index (χ3n) is 6.00. The zero-order chi connectivity index (χ0) is 22.4. The molecule has 4 aromatic rings. The van der Waals surface area contributed by atoms with E-state index in [1.807, 2.05) is 37.5 Å². The van der Waals surface area contributed by atoms with Crippen LogP contribution in [0.2, 0.25) is 0 Å². The second-order valence-electron chi connectivity index (χ2n) is 8.39. The number of nitrogens with one attached hydrogen (secondary N) is 1. The molecule has 1 saturated heterocycles. The molecule has 8 nitrogen and oxygen atoms in total. The molecule has 1 aromatic carbocycles. The van der Waals surface area contributed by atoms with Gasteiger partial charge in [-0.3, -0.25) is 9.48 Å². The van der Waals surface area contributed by atoms with Gasteiger partial charge in [-0.05, 0) is 44.8 Å². The number of hydrogen-bond acceptors (Lipinski definition) is 7. The molecule has 0 unspecified atom stereocenters. The van der Waals surface area contributed by atoms with E-state index >= 15 is 0 Å². The predicted molar refractivity (Wildman–Crippen MR) is 129 cm³/mol. The molecule has 1 aliphatic rings. The zero-order valence-corrected chi connectivity index (χ0v) is 19.4. The molecule has 5 rings (SSSR count). The minimum atomic E-state index is -0.176. The number of thiophene rings is 1. The van der Waals surface area contributed by atoms with Crippen molar-refractivity contribution in [2.45, 2.75) is 12.5 Å². The van der Waals surface area contributed by atoms with Crippen molar-refractivity contribution in [3.8, 4) is 5.75 Å². The molecule has 0 saturated carbocycles. The van der Waals surface area contributed by atoms with Crippen LogP contribution in [0.3, 0.4) is 0 Å². The Morgan fingerprint density at radius 2 is 2.09 bits per heavy atom. The van der Waals surface area contributed by atoms with Gasteiger partial charge in [0, 0.05) is 49.2 Å². The fourth-order valence-electron chi connectivity index (χ4n) is 4.19. The molecule has 0 spiro atoms. The fourth-order valence-corrected chi connectivity index (χ4v) is 5.12. The van der Waals surface area contributed by atoms with Crippen LogP contribution in [0.25, 0.3) is 21.1 Å². The maximum absolute atomic E-state index is 13.0. The van der Waals surface area contributed by atoms with Gasteiger partial charge in [-0.25, -0.2) is 4.98 Å². The predicted octanol–water partition coefficient (Wildman–Crippen LogP) is 3.58. The van der Waals surface area contributed by atoms with Gasteiger partial charge in [-0.2, -0.15) is 5.10 Å². The van der Waals surface area contributed by atoms with Gasteiger partial charge in [0.1, 0.15) is 16.4 Å². The molecular formula is C23H26N6O2S. The molecule has 166 valence electrons. The number of ether oxygens (including phenoxy) is 1. The molecule has 3 aromatic heterocycles. The van der Waals surface area contributed by atoms with Crippen molar-refractivity contribution in [3.63, 3.8) is 0 Å². The number of carbonyl (C=O) groups excluding carboxylic acids is 1. The number of fused-ring (bicyclic) bond motifs is 2. The highest BCUT2D eigenvalue weighted by molar-refractivity contribution is 7.20. The third kappa shape index (κ3) is 3.78. The first-order chi connectivity index (χ1) is 15.4. The number of likely N-dealkylation sites (N-methyl/N-ethyl adjacent to an activating group) is 1. The number of hydrogen-bond donors (Lipinski definition) is 1. The summed E-state index contributed by atoms with van der Waals surface area (Å²) in [7, 11) is 7.70. The van der Waals surface area contributed by atoms with Crippen molar-refractivity contribution in [2.24, 2.45) is 7.05 Å². The zero-order valence-electron chi connectivity index (χ0n) is 18.6. The van der Waals surface area contributed by atoms with Crippen LogP contribution >= 0.6 is 11.3 Å². The summed E-state index contributed by atoms with van der Waals surface area (Å²) in [5.41, 5.74) is 1.44. The number of benzene rings is 1. The number of anilines is 2. The molecule has 0 bridgehead atoms. The van der Waals surface area contributed by atoms with Crippen LogP contribution < -0.4 is 15.0 Å². The molecular weight excluding hydrogens is 424 g/mol. The van der Waals surface area contributed by atoms with Gasteiger partial charge >= 0.3 is 0 Å².